The quantitative estimate of drug-likeness (QED) is 0.783. The number of anilines is 1. The topological polar surface area (TPSA) is 73.3 Å². The molecule has 0 atom stereocenters. The number of fused-ring (bicyclic) bond motifs is 1. The number of rotatable bonds is 4. The number of nitrogens with zero attached hydrogens (tertiary/aromatic N) is 2. The molecule has 1 aliphatic heterocycles. The number of hydrogen-bond acceptors (Lipinski definition) is 5. The molecule has 0 saturated heterocycles. The van der Waals surface area contributed by atoms with Gasteiger partial charge in [0.15, 0.2) is 11.5 Å². The normalized spacial score (nSPS) is 12.0. The number of ether oxygens (including phenoxy) is 2. The van der Waals surface area contributed by atoms with Crippen LogP contribution in [0.25, 0.3) is 0 Å². The van der Waals surface area contributed by atoms with Crippen molar-refractivity contribution in [3.8, 4) is 11.5 Å². The number of benzene rings is 2. The maximum atomic E-state index is 12.5. The SMILES string of the molecule is Cc1nc(Cc2ccccc2)ncc1C(=O)Nc1ccc2c(c1)OCO2. The zero-order valence-electron chi connectivity index (χ0n) is 14.2. The van der Waals surface area contributed by atoms with Crippen molar-refractivity contribution in [3.63, 3.8) is 0 Å². The van der Waals surface area contributed by atoms with Crippen LogP contribution >= 0.6 is 0 Å². The number of amides is 1. The first-order chi connectivity index (χ1) is 12.7. The van der Waals surface area contributed by atoms with Gasteiger partial charge in [-0.3, -0.25) is 4.79 Å². The van der Waals surface area contributed by atoms with Crippen molar-refractivity contribution in [2.45, 2.75) is 13.3 Å². The Morgan fingerprint density at radius 3 is 2.73 bits per heavy atom. The molecule has 4 rings (SSSR count). The molecular weight excluding hydrogens is 330 g/mol. The van der Waals surface area contributed by atoms with Gasteiger partial charge >= 0.3 is 0 Å². The third-order valence-corrected chi connectivity index (χ3v) is 4.11. The summed E-state index contributed by atoms with van der Waals surface area (Å²) in [6.07, 6.45) is 2.20. The van der Waals surface area contributed by atoms with Gasteiger partial charge in [0.05, 0.1) is 11.3 Å². The molecule has 1 aromatic heterocycles. The zero-order chi connectivity index (χ0) is 17.9. The Bertz CT molecular complexity index is 958. The summed E-state index contributed by atoms with van der Waals surface area (Å²) in [5.74, 6) is 1.72. The molecule has 1 aliphatic rings. The molecule has 2 heterocycles. The molecule has 6 heteroatoms. The Labute approximate surface area is 150 Å². The number of nitrogens with one attached hydrogen (secondary N) is 1. The highest BCUT2D eigenvalue weighted by Gasteiger charge is 2.16. The van der Waals surface area contributed by atoms with Gasteiger partial charge in [-0.25, -0.2) is 9.97 Å². The molecule has 0 fully saturated rings. The Morgan fingerprint density at radius 2 is 1.92 bits per heavy atom. The van der Waals surface area contributed by atoms with Crippen LogP contribution in [0.3, 0.4) is 0 Å². The van der Waals surface area contributed by atoms with Crippen molar-refractivity contribution in [2.75, 3.05) is 12.1 Å². The fourth-order valence-corrected chi connectivity index (χ4v) is 2.77. The van der Waals surface area contributed by atoms with Gasteiger partial charge in [-0.1, -0.05) is 30.3 Å². The summed E-state index contributed by atoms with van der Waals surface area (Å²) < 4.78 is 10.6. The number of carbonyl (C=O) groups is 1. The van der Waals surface area contributed by atoms with Crippen molar-refractivity contribution in [2.24, 2.45) is 0 Å². The average Bonchev–Trinajstić information content (AvgIpc) is 3.10. The fourth-order valence-electron chi connectivity index (χ4n) is 2.77. The maximum Gasteiger partial charge on any atom is 0.259 e. The predicted octanol–water partition coefficient (Wildman–Crippen LogP) is 3.36. The van der Waals surface area contributed by atoms with Gasteiger partial charge in [-0.2, -0.15) is 0 Å². The van der Waals surface area contributed by atoms with Crippen molar-refractivity contribution in [3.05, 3.63) is 77.4 Å². The molecule has 2 aromatic carbocycles. The summed E-state index contributed by atoms with van der Waals surface area (Å²) in [6, 6.07) is 15.3. The molecule has 1 N–H and O–H groups in total. The molecule has 130 valence electrons. The van der Waals surface area contributed by atoms with Crippen LogP contribution < -0.4 is 14.8 Å². The van der Waals surface area contributed by atoms with E-state index in [0.717, 1.165) is 5.56 Å². The predicted molar refractivity (Wildman–Crippen MR) is 96.5 cm³/mol. The Balaban J connectivity index is 1.49. The van der Waals surface area contributed by atoms with Crippen LogP contribution in [0.2, 0.25) is 0 Å². The number of carbonyl (C=O) groups excluding carboxylic acids is 1. The lowest BCUT2D eigenvalue weighted by molar-refractivity contribution is 0.102. The van der Waals surface area contributed by atoms with E-state index in [1.54, 1.807) is 24.4 Å². The van der Waals surface area contributed by atoms with Crippen molar-refractivity contribution >= 4 is 11.6 Å². The van der Waals surface area contributed by atoms with E-state index in [1.165, 1.54) is 0 Å². The zero-order valence-corrected chi connectivity index (χ0v) is 14.2. The largest absolute Gasteiger partial charge is 0.454 e. The van der Waals surface area contributed by atoms with Crippen molar-refractivity contribution in [1.29, 1.82) is 0 Å². The van der Waals surface area contributed by atoms with E-state index in [2.05, 4.69) is 15.3 Å². The summed E-state index contributed by atoms with van der Waals surface area (Å²) in [4.78, 5) is 21.4. The molecule has 1 amide bonds. The van der Waals surface area contributed by atoms with Gasteiger partial charge in [-0.05, 0) is 24.6 Å². The number of hydrogen-bond donors (Lipinski definition) is 1. The third kappa shape index (κ3) is 3.35. The van der Waals surface area contributed by atoms with Crippen molar-refractivity contribution < 1.29 is 14.3 Å². The summed E-state index contributed by atoms with van der Waals surface area (Å²) >= 11 is 0. The first-order valence-electron chi connectivity index (χ1n) is 8.26. The maximum absolute atomic E-state index is 12.5. The van der Waals surface area contributed by atoms with Gasteiger partial charge in [0.1, 0.15) is 5.82 Å². The van der Waals surface area contributed by atoms with Crippen LogP contribution in [0.1, 0.15) is 27.4 Å². The Kier molecular flexibility index (Phi) is 4.23. The molecule has 0 spiro atoms. The molecule has 3 aromatic rings. The molecule has 0 bridgehead atoms. The highest BCUT2D eigenvalue weighted by molar-refractivity contribution is 6.04. The van der Waals surface area contributed by atoms with Gasteiger partial charge in [-0.15, -0.1) is 0 Å². The second-order valence-corrected chi connectivity index (χ2v) is 5.97. The van der Waals surface area contributed by atoms with Crippen LogP contribution in [0.5, 0.6) is 11.5 Å². The minimum atomic E-state index is -0.257. The molecule has 26 heavy (non-hydrogen) atoms. The lowest BCUT2D eigenvalue weighted by atomic mass is 10.1. The van der Waals surface area contributed by atoms with Gasteiger partial charge in [0, 0.05) is 24.4 Å². The second kappa shape index (κ2) is 6.84. The summed E-state index contributed by atoms with van der Waals surface area (Å²) in [5, 5.41) is 2.84. The first-order valence-corrected chi connectivity index (χ1v) is 8.26. The molecule has 0 saturated carbocycles. The van der Waals surface area contributed by atoms with Gasteiger partial charge in [0.2, 0.25) is 6.79 Å². The summed E-state index contributed by atoms with van der Waals surface area (Å²) in [6.45, 7) is 2.01. The third-order valence-electron chi connectivity index (χ3n) is 4.11. The lowest BCUT2D eigenvalue weighted by Crippen LogP contribution is -2.15. The highest BCUT2D eigenvalue weighted by Crippen LogP contribution is 2.34. The fraction of sp³-hybridized carbons (Fsp3) is 0.150. The van der Waals surface area contributed by atoms with Crippen LogP contribution in [-0.4, -0.2) is 22.7 Å². The van der Waals surface area contributed by atoms with E-state index >= 15 is 0 Å². The van der Waals surface area contributed by atoms with E-state index in [4.69, 9.17) is 9.47 Å². The molecule has 6 nitrogen and oxygen atoms in total. The lowest BCUT2D eigenvalue weighted by Gasteiger charge is -2.09. The summed E-state index contributed by atoms with van der Waals surface area (Å²) in [7, 11) is 0. The molecular formula is C20H17N3O3. The second-order valence-electron chi connectivity index (χ2n) is 5.97. The summed E-state index contributed by atoms with van der Waals surface area (Å²) in [5.41, 5.74) is 2.85. The van der Waals surface area contributed by atoms with E-state index in [1.807, 2.05) is 37.3 Å². The van der Waals surface area contributed by atoms with E-state index < -0.39 is 0 Å². The highest BCUT2D eigenvalue weighted by atomic mass is 16.7. The monoisotopic (exact) mass is 347 g/mol. The molecule has 0 aliphatic carbocycles. The van der Waals surface area contributed by atoms with E-state index in [0.29, 0.717) is 40.7 Å². The minimum absolute atomic E-state index is 0.197. The first kappa shape index (κ1) is 16.1. The number of aromatic nitrogens is 2. The van der Waals surface area contributed by atoms with Gasteiger partial charge < -0.3 is 14.8 Å². The van der Waals surface area contributed by atoms with Crippen LogP contribution in [0.4, 0.5) is 5.69 Å². The van der Waals surface area contributed by atoms with E-state index in [-0.39, 0.29) is 12.7 Å². The van der Waals surface area contributed by atoms with Crippen molar-refractivity contribution in [1.82, 2.24) is 9.97 Å². The van der Waals surface area contributed by atoms with Crippen LogP contribution in [-0.2, 0) is 6.42 Å². The Morgan fingerprint density at radius 1 is 1.12 bits per heavy atom. The smallest absolute Gasteiger partial charge is 0.259 e. The van der Waals surface area contributed by atoms with Crippen LogP contribution in [0.15, 0.2) is 54.7 Å². The average molecular weight is 347 g/mol. The minimum Gasteiger partial charge on any atom is -0.454 e. The van der Waals surface area contributed by atoms with Gasteiger partial charge in [0.25, 0.3) is 5.91 Å². The standard InChI is InChI=1S/C20H17N3O3/c1-13-16(11-21-19(22-13)9-14-5-3-2-4-6-14)20(24)23-15-7-8-17-18(10-15)26-12-25-17/h2-8,10-11H,9,12H2,1H3,(H,23,24). The van der Waals surface area contributed by atoms with Crippen LogP contribution in [0, 0.1) is 6.92 Å². The van der Waals surface area contributed by atoms with E-state index in [9.17, 15) is 4.79 Å². The molecule has 0 radical (unpaired) electrons. The Hall–Kier alpha value is -3.41. The molecule has 0 unspecified atom stereocenters. The number of aryl methyl sites for hydroxylation is 1.